The van der Waals surface area contributed by atoms with E-state index < -0.39 is 0 Å². The highest BCUT2D eigenvalue weighted by Gasteiger charge is 2.15. The van der Waals surface area contributed by atoms with Gasteiger partial charge in [0.1, 0.15) is 0 Å². The molecule has 0 spiro atoms. The van der Waals surface area contributed by atoms with E-state index in [1.165, 1.54) is 11.3 Å². The van der Waals surface area contributed by atoms with Gasteiger partial charge in [0.15, 0.2) is 0 Å². The molecule has 0 unspecified atom stereocenters. The smallest absolute Gasteiger partial charge is 0.263 e. The zero-order valence-corrected chi connectivity index (χ0v) is 13.6. The fraction of sp³-hybridized carbons (Fsp3) is 0.176. The lowest BCUT2D eigenvalue weighted by Gasteiger charge is -2.07. The van der Waals surface area contributed by atoms with Crippen LogP contribution in [0.15, 0.2) is 48.5 Å². The lowest BCUT2D eigenvalue weighted by molar-refractivity contribution is 0.0832. The summed E-state index contributed by atoms with van der Waals surface area (Å²) in [4.78, 5) is 15.4. The molecule has 0 saturated heterocycles. The lowest BCUT2D eigenvalue weighted by Crippen LogP contribution is -2.20. The Bertz CT molecular complexity index is 802. The standard InChI is InChI=1S/C17H17N3OS/c1-12-11-14(20(18-12)13-7-5-4-6-8-13)15-9-10-16(22-15)17(21)19(2)3/h4-11H,1-3H3. The second-order valence-electron chi connectivity index (χ2n) is 5.28. The van der Waals surface area contributed by atoms with Crippen LogP contribution in [-0.2, 0) is 0 Å². The third-order valence-corrected chi connectivity index (χ3v) is 4.40. The molecule has 2 heterocycles. The number of thiophene rings is 1. The van der Waals surface area contributed by atoms with E-state index in [4.69, 9.17) is 0 Å². The van der Waals surface area contributed by atoms with Crippen LogP contribution in [-0.4, -0.2) is 34.7 Å². The molecule has 5 heteroatoms. The highest BCUT2D eigenvalue weighted by molar-refractivity contribution is 7.17. The first-order valence-electron chi connectivity index (χ1n) is 7.00. The summed E-state index contributed by atoms with van der Waals surface area (Å²) in [5, 5.41) is 4.57. The van der Waals surface area contributed by atoms with Crippen LogP contribution in [0.3, 0.4) is 0 Å². The predicted octanol–water partition coefficient (Wildman–Crippen LogP) is 3.61. The van der Waals surface area contributed by atoms with Crippen molar-refractivity contribution in [2.45, 2.75) is 6.92 Å². The van der Waals surface area contributed by atoms with Crippen LogP contribution < -0.4 is 0 Å². The fourth-order valence-electron chi connectivity index (χ4n) is 2.25. The number of para-hydroxylation sites is 1. The Labute approximate surface area is 133 Å². The second-order valence-corrected chi connectivity index (χ2v) is 6.37. The van der Waals surface area contributed by atoms with E-state index in [2.05, 4.69) is 5.10 Å². The molecule has 0 saturated carbocycles. The van der Waals surface area contributed by atoms with Gasteiger partial charge < -0.3 is 4.90 Å². The average molecular weight is 311 g/mol. The Morgan fingerprint density at radius 1 is 1.14 bits per heavy atom. The largest absolute Gasteiger partial charge is 0.344 e. The molecule has 3 aromatic rings. The van der Waals surface area contributed by atoms with Crippen LogP contribution in [0.1, 0.15) is 15.4 Å². The van der Waals surface area contributed by atoms with E-state index in [0.29, 0.717) is 0 Å². The SMILES string of the molecule is Cc1cc(-c2ccc(C(=O)N(C)C)s2)n(-c2ccccc2)n1. The van der Waals surface area contributed by atoms with E-state index >= 15 is 0 Å². The van der Waals surface area contributed by atoms with Gasteiger partial charge in [-0.1, -0.05) is 18.2 Å². The number of carbonyl (C=O) groups excluding carboxylic acids is 1. The Balaban J connectivity index is 2.05. The Hall–Kier alpha value is -2.40. The maximum Gasteiger partial charge on any atom is 0.263 e. The lowest BCUT2D eigenvalue weighted by atomic mass is 10.3. The predicted molar refractivity (Wildman–Crippen MR) is 89.6 cm³/mol. The Morgan fingerprint density at radius 2 is 1.86 bits per heavy atom. The summed E-state index contributed by atoms with van der Waals surface area (Å²) in [7, 11) is 3.53. The normalized spacial score (nSPS) is 10.7. The molecule has 0 bridgehead atoms. The van der Waals surface area contributed by atoms with Crippen molar-refractivity contribution in [2.75, 3.05) is 14.1 Å². The van der Waals surface area contributed by atoms with Gasteiger partial charge in [0.2, 0.25) is 0 Å². The topological polar surface area (TPSA) is 38.1 Å². The van der Waals surface area contributed by atoms with Gasteiger partial charge >= 0.3 is 0 Å². The van der Waals surface area contributed by atoms with E-state index in [9.17, 15) is 4.79 Å². The summed E-state index contributed by atoms with van der Waals surface area (Å²) < 4.78 is 1.92. The maximum atomic E-state index is 12.1. The number of aromatic nitrogens is 2. The van der Waals surface area contributed by atoms with Crippen molar-refractivity contribution in [1.29, 1.82) is 0 Å². The van der Waals surface area contributed by atoms with Crippen molar-refractivity contribution in [3.05, 3.63) is 59.1 Å². The van der Waals surface area contributed by atoms with Crippen molar-refractivity contribution in [1.82, 2.24) is 14.7 Å². The molecule has 0 aliphatic heterocycles. The molecule has 2 aromatic heterocycles. The zero-order chi connectivity index (χ0) is 15.7. The fourth-order valence-corrected chi connectivity index (χ4v) is 3.28. The highest BCUT2D eigenvalue weighted by Crippen LogP contribution is 2.30. The monoisotopic (exact) mass is 311 g/mol. The molecule has 22 heavy (non-hydrogen) atoms. The summed E-state index contributed by atoms with van der Waals surface area (Å²) in [6.45, 7) is 1.97. The third kappa shape index (κ3) is 2.67. The van der Waals surface area contributed by atoms with Crippen LogP contribution in [0.4, 0.5) is 0 Å². The minimum absolute atomic E-state index is 0.0266. The second kappa shape index (κ2) is 5.77. The van der Waals surface area contributed by atoms with Crippen LogP contribution >= 0.6 is 11.3 Å². The van der Waals surface area contributed by atoms with Gasteiger partial charge in [-0.05, 0) is 37.3 Å². The molecule has 3 rings (SSSR count). The molecule has 0 aliphatic rings. The van der Waals surface area contributed by atoms with Crippen LogP contribution in [0.2, 0.25) is 0 Å². The van der Waals surface area contributed by atoms with Gasteiger partial charge in [0.05, 0.1) is 26.8 Å². The van der Waals surface area contributed by atoms with Crippen molar-refractivity contribution < 1.29 is 4.79 Å². The minimum Gasteiger partial charge on any atom is -0.344 e. The van der Waals surface area contributed by atoms with Gasteiger partial charge in [-0.15, -0.1) is 11.3 Å². The molecular weight excluding hydrogens is 294 g/mol. The van der Waals surface area contributed by atoms with Gasteiger partial charge in [-0.25, -0.2) is 4.68 Å². The van der Waals surface area contributed by atoms with Gasteiger partial charge in [-0.2, -0.15) is 5.10 Å². The van der Waals surface area contributed by atoms with Gasteiger partial charge in [-0.3, -0.25) is 4.79 Å². The first-order valence-corrected chi connectivity index (χ1v) is 7.82. The Kier molecular flexibility index (Phi) is 3.81. The summed E-state index contributed by atoms with van der Waals surface area (Å²) >= 11 is 1.49. The molecule has 4 nitrogen and oxygen atoms in total. The molecular formula is C17H17N3OS. The van der Waals surface area contributed by atoms with Crippen LogP contribution in [0.25, 0.3) is 16.3 Å². The van der Waals surface area contributed by atoms with Crippen LogP contribution in [0, 0.1) is 6.92 Å². The molecule has 1 amide bonds. The summed E-state index contributed by atoms with van der Waals surface area (Å²) in [5.41, 5.74) is 2.97. The van der Waals surface area contributed by atoms with Crippen molar-refractivity contribution in [2.24, 2.45) is 0 Å². The number of benzene rings is 1. The number of amides is 1. The molecule has 1 aromatic carbocycles. The number of nitrogens with zero attached hydrogens (tertiary/aromatic N) is 3. The van der Waals surface area contributed by atoms with Crippen molar-refractivity contribution in [3.8, 4) is 16.3 Å². The first-order chi connectivity index (χ1) is 10.6. The molecule has 0 N–H and O–H groups in total. The molecule has 0 radical (unpaired) electrons. The average Bonchev–Trinajstić information content (AvgIpc) is 3.13. The number of hydrogen-bond donors (Lipinski definition) is 0. The summed E-state index contributed by atoms with van der Waals surface area (Å²) in [6, 6.07) is 15.9. The summed E-state index contributed by atoms with van der Waals surface area (Å²) in [5.74, 6) is 0.0266. The van der Waals surface area contributed by atoms with E-state index in [0.717, 1.165) is 26.8 Å². The van der Waals surface area contributed by atoms with E-state index in [1.807, 2.05) is 60.1 Å². The maximum absolute atomic E-state index is 12.1. The minimum atomic E-state index is 0.0266. The first kappa shape index (κ1) is 14.5. The number of aryl methyl sites for hydroxylation is 1. The van der Waals surface area contributed by atoms with Crippen LogP contribution in [0.5, 0.6) is 0 Å². The number of hydrogen-bond acceptors (Lipinski definition) is 3. The molecule has 0 aliphatic carbocycles. The highest BCUT2D eigenvalue weighted by atomic mass is 32.1. The third-order valence-electron chi connectivity index (χ3n) is 3.31. The zero-order valence-electron chi connectivity index (χ0n) is 12.8. The van der Waals surface area contributed by atoms with Crippen molar-refractivity contribution in [3.63, 3.8) is 0 Å². The van der Waals surface area contributed by atoms with Crippen molar-refractivity contribution >= 4 is 17.2 Å². The summed E-state index contributed by atoms with van der Waals surface area (Å²) in [6.07, 6.45) is 0. The molecule has 112 valence electrons. The van der Waals surface area contributed by atoms with Gasteiger partial charge in [0, 0.05) is 14.1 Å². The van der Waals surface area contributed by atoms with Gasteiger partial charge in [0.25, 0.3) is 5.91 Å². The number of carbonyl (C=O) groups is 1. The van der Waals surface area contributed by atoms with E-state index in [1.54, 1.807) is 19.0 Å². The Morgan fingerprint density at radius 3 is 2.55 bits per heavy atom. The number of rotatable bonds is 3. The molecule has 0 atom stereocenters. The molecule has 0 fully saturated rings. The van der Waals surface area contributed by atoms with E-state index in [-0.39, 0.29) is 5.91 Å². The quantitative estimate of drug-likeness (QED) is 0.741.